The van der Waals surface area contributed by atoms with Crippen molar-refractivity contribution < 1.29 is 4.79 Å². The van der Waals surface area contributed by atoms with Crippen LogP contribution < -0.4 is 0 Å². The van der Waals surface area contributed by atoms with Crippen LogP contribution in [0.15, 0.2) is 18.5 Å². The van der Waals surface area contributed by atoms with E-state index < -0.39 is 0 Å². The fourth-order valence-corrected chi connectivity index (χ4v) is 2.46. The predicted molar refractivity (Wildman–Crippen MR) is 80.4 cm³/mol. The molecule has 20 heavy (non-hydrogen) atoms. The minimum Gasteiger partial charge on any atom is -0.348 e. The Morgan fingerprint density at radius 3 is 2.80 bits per heavy atom. The molecule has 0 unspecified atom stereocenters. The standard InChI is InChI=1S/C15H20ClN3O/c1-4-6-14(20)12-7-8-18(9-12)10-13-15(16)11(3)17-19(13)5-2/h7-9H,4-6,10H2,1-3H3. The first-order chi connectivity index (χ1) is 9.56. The van der Waals surface area contributed by atoms with Gasteiger partial charge in [0.15, 0.2) is 5.78 Å². The van der Waals surface area contributed by atoms with Crippen LogP contribution in [0.4, 0.5) is 0 Å². The number of nitrogens with zero attached hydrogens (tertiary/aromatic N) is 3. The highest BCUT2D eigenvalue weighted by Crippen LogP contribution is 2.21. The SMILES string of the molecule is CCCC(=O)c1ccn(Cc2c(Cl)c(C)nn2CC)c1. The van der Waals surface area contributed by atoms with Gasteiger partial charge in [-0.3, -0.25) is 9.48 Å². The molecule has 0 spiro atoms. The van der Waals surface area contributed by atoms with Crippen LogP contribution in [-0.2, 0) is 13.1 Å². The van der Waals surface area contributed by atoms with E-state index in [0.29, 0.717) is 18.0 Å². The van der Waals surface area contributed by atoms with E-state index in [1.807, 2.05) is 48.5 Å². The van der Waals surface area contributed by atoms with E-state index in [-0.39, 0.29) is 5.78 Å². The lowest BCUT2D eigenvalue weighted by atomic mass is 10.1. The van der Waals surface area contributed by atoms with Crippen LogP contribution >= 0.6 is 11.6 Å². The van der Waals surface area contributed by atoms with Crippen molar-refractivity contribution >= 4 is 17.4 Å². The summed E-state index contributed by atoms with van der Waals surface area (Å²) in [5, 5.41) is 5.11. The molecule has 0 saturated heterocycles. The summed E-state index contributed by atoms with van der Waals surface area (Å²) in [6, 6.07) is 1.87. The van der Waals surface area contributed by atoms with Crippen LogP contribution in [0.1, 0.15) is 48.4 Å². The van der Waals surface area contributed by atoms with Crippen molar-refractivity contribution in [2.24, 2.45) is 0 Å². The van der Waals surface area contributed by atoms with E-state index in [9.17, 15) is 4.79 Å². The molecular weight excluding hydrogens is 274 g/mol. The van der Waals surface area contributed by atoms with Gasteiger partial charge in [-0.1, -0.05) is 18.5 Å². The van der Waals surface area contributed by atoms with Crippen LogP contribution in [0.3, 0.4) is 0 Å². The number of hydrogen-bond acceptors (Lipinski definition) is 2. The summed E-state index contributed by atoms with van der Waals surface area (Å²) in [7, 11) is 0. The topological polar surface area (TPSA) is 39.8 Å². The van der Waals surface area contributed by atoms with E-state index in [0.717, 1.165) is 29.9 Å². The molecule has 2 aromatic rings. The molecule has 2 aromatic heterocycles. The lowest BCUT2D eigenvalue weighted by Gasteiger charge is -2.06. The number of rotatable bonds is 6. The Kier molecular flexibility index (Phi) is 4.65. The summed E-state index contributed by atoms with van der Waals surface area (Å²) in [5.41, 5.74) is 2.59. The second kappa shape index (κ2) is 6.27. The molecule has 0 atom stereocenters. The molecule has 4 nitrogen and oxygen atoms in total. The number of Topliss-reactive ketones (excluding diaryl/α,β-unsaturated/α-hetero) is 1. The summed E-state index contributed by atoms with van der Waals surface area (Å²) in [5.74, 6) is 0.192. The molecule has 0 saturated carbocycles. The molecular formula is C15H20ClN3O. The summed E-state index contributed by atoms with van der Waals surface area (Å²) < 4.78 is 3.89. The average Bonchev–Trinajstić information content (AvgIpc) is 2.99. The number of hydrogen-bond donors (Lipinski definition) is 0. The first-order valence-electron chi connectivity index (χ1n) is 6.97. The molecule has 0 aliphatic heterocycles. The van der Waals surface area contributed by atoms with Crippen molar-refractivity contribution in [3.05, 3.63) is 40.4 Å². The van der Waals surface area contributed by atoms with Crippen molar-refractivity contribution in [1.82, 2.24) is 14.3 Å². The molecule has 5 heteroatoms. The lowest BCUT2D eigenvalue weighted by molar-refractivity contribution is 0.0981. The highest BCUT2D eigenvalue weighted by atomic mass is 35.5. The van der Waals surface area contributed by atoms with Crippen LogP contribution in [0.2, 0.25) is 5.02 Å². The van der Waals surface area contributed by atoms with Gasteiger partial charge in [0.1, 0.15) is 0 Å². The van der Waals surface area contributed by atoms with Crippen molar-refractivity contribution in [3.8, 4) is 0 Å². The zero-order chi connectivity index (χ0) is 14.7. The fourth-order valence-electron chi connectivity index (χ4n) is 2.27. The van der Waals surface area contributed by atoms with E-state index in [4.69, 9.17) is 11.6 Å². The Hall–Kier alpha value is -1.55. The highest BCUT2D eigenvalue weighted by molar-refractivity contribution is 6.31. The molecule has 0 fully saturated rings. The van der Waals surface area contributed by atoms with Gasteiger partial charge in [0, 0.05) is 30.9 Å². The molecule has 0 radical (unpaired) electrons. The Bertz CT molecular complexity index is 613. The molecule has 0 amide bonds. The number of carbonyl (C=O) groups is 1. The second-order valence-electron chi connectivity index (χ2n) is 4.91. The highest BCUT2D eigenvalue weighted by Gasteiger charge is 2.13. The minimum absolute atomic E-state index is 0.192. The van der Waals surface area contributed by atoms with Gasteiger partial charge >= 0.3 is 0 Å². The number of halogens is 1. The molecule has 0 N–H and O–H groups in total. The monoisotopic (exact) mass is 293 g/mol. The van der Waals surface area contributed by atoms with Gasteiger partial charge < -0.3 is 4.57 Å². The predicted octanol–water partition coefficient (Wildman–Crippen LogP) is 3.70. The molecule has 0 bridgehead atoms. The maximum Gasteiger partial charge on any atom is 0.164 e. The van der Waals surface area contributed by atoms with Crippen LogP contribution in [0.5, 0.6) is 0 Å². The number of aromatic nitrogens is 3. The minimum atomic E-state index is 0.192. The summed E-state index contributed by atoms with van der Waals surface area (Å²) >= 11 is 6.30. The van der Waals surface area contributed by atoms with Gasteiger partial charge in [-0.2, -0.15) is 5.10 Å². The molecule has 2 heterocycles. The number of ketones is 1. The van der Waals surface area contributed by atoms with Crippen molar-refractivity contribution in [1.29, 1.82) is 0 Å². The number of aryl methyl sites for hydroxylation is 2. The van der Waals surface area contributed by atoms with E-state index in [2.05, 4.69) is 5.10 Å². The Morgan fingerprint density at radius 1 is 1.40 bits per heavy atom. The van der Waals surface area contributed by atoms with Gasteiger partial charge in [-0.25, -0.2) is 0 Å². The quantitative estimate of drug-likeness (QED) is 0.762. The number of carbonyl (C=O) groups excluding carboxylic acids is 1. The third-order valence-corrected chi connectivity index (χ3v) is 3.83. The van der Waals surface area contributed by atoms with Gasteiger partial charge in [-0.15, -0.1) is 0 Å². The van der Waals surface area contributed by atoms with Gasteiger partial charge in [0.2, 0.25) is 0 Å². The Balaban J connectivity index is 2.21. The zero-order valence-corrected chi connectivity index (χ0v) is 12.9. The normalized spacial score (nSPS) is 11.0. The van der Waals surface area contributed by atoms with E-state index in [1.165, 1.54) is 0 Å². The lowest BCUT2D eigenvalue weighted by Crippen LogP contribution is -2.07. The Morgan fingerprint density at radius 2 is 2.15 bits per heavy atom. The van der Waals surface area contributed by atoms with Gasteiger partial charge in [0.25, 0.3) is 0 Å². The van der Waals surface area contributed by atoms with Crippen molar-refractivity contribution in [2.45, 2.75) is 46.7 Å². The van der Waals surface area contributed by atoms with E-state index in [1.54, 1.807) is 0 Å². The third-order valence-electron chi connectivity index (χ3n) is 3.33. The molecule has 0 aliphatic carbocycles. The molecule has 0 aliphatic rings. The van der Waals surface area contributed by atoms with Crippen molar-refractivity contribution in [2.75, 3.05) is 0 Å². The maximum atomic E-state index is 11.8. The Labute approximate surface area is 124 Å². The average molecular weight is 294 g/mol. The van der Waals surface area contributed by atoms with Crippen molar-refractivity contribution in [3.63, 3.8) is 0 Å². The summed E-state index contributed by atoms with van der Waals surface area (Å²) in [6.45, 7) is 7.37. The van der Waals surface area contributed by atoms with Crippen LogP contribution in [-0.4, -0.2) is 20.1 Å². The largest absolute Gasteiger partial charge is 0.348 e. The third kappa shape index (κ3) is 2.96. The molecule has 108 valence electrons. The fraction of sp³-hybridized carbons (Fsp3) is 0.467. The zero-order valence-electron chi connectivity index (χ0n) is 12.2. The maximum absolute atomic E-state index is 11.8. The molecule has 0 aromatic carbocycles. The molecule has 2 rings (SSSR count). The summed E-state index contributed by atoms with van der Waals surface area (Å²) in [6.07, 6.45) is 5.27. The van der Waals surface area contributed by atoms with E-state index >= 15 is 0 Å². The van der Waals surface area contributed by atoms with Gasteiger partial charge in [0.05, 0.1) is 23.0 Å². The van der Waals surface area contributed by atoms with Crippen LogP contribution in [0, 0.1) is 6.92 Å². The van der Waals surface area contributed by atoms with Gasteiger partial charge in [-0.05, 0) is 26.3 Å². The van der Waals surface area contributed by atoms with Crippen LogP contribution in [0.25, 0.3) is 0 Å². The smallest absolute Gasteiger partial charge is 0.164 e. The first kappa shape index (κ1) is 14.9. The summed E-state index contributed by atoms with van der Waals surface area (Å²) in [4.78, 5) is 11.8. The second-order valence-corrected chi connectivity index (χ2v) is 5.29. The first-order valence-corrected chi connectivity index (χ1v) is 7.35.